The highest BCUT2D eigenvalue weighted by Gasteiger charge is 2.38. The van der Waals surface area contributed by atoms with Crippen LogP contribution < -0.4 is 29.4 Å². The third kappa shape index (κ3) is 10.0. The third-order valence-electron chi connectivity index (χ3n) is 20.5. The highest BCUT2D eigenvalue weighted by atomic mass is 15.2. The fourth-order valence-corrected chi connectivity index (χ4v) is 16.4. The minimum Gasteiger partial charge on any atom is -0.310 e. The second-order valence-electron chi connectivity index (χ2n) is 27.7. The van der Waals surface area contributed by atoms with Gasteiger partial charge < -0.3 is 29.4 Å². The topological polar surface area (TPSA) is 19.4 Å². The Morgan fingerprint density at radius 3 is 0.990 bits per heavy atom. The van der Waals surface area contributed by atoms with Gasteiger partial charge in [0.05, 0.1) is 28.4 Å². The molecule has 3 aliphatic rings. The van der Waals surface area contributed by atoms with Gasteiger partial charge in [0.25, 0.3) is 0 Å². The van der Waals surface area contributed by atoms with Crippen LogP contribution >= 0.6 is 0 Å². The summed E-state index contributed by atoms with van der Waals surface area (Å²) in [6.45, 7) is 26.2. The van der Waals surface area contributed by atoms with Crippen molar-refractivity contribution in [3.8, 4) is 11.8 Å². The molecule has 2 aliphatic heterocycles. The standard InChI is InChI=1S/C92H82N6/c1-12-75-84(58(2)3)88-81-57-83(98(79-51-27-24-35-64(79)11)74-47-31-43-70(55-74)94(66-38-19-15-20-39-66)68-41-29-45-72(53-68)96(81)77-49-25-22-33-62(77)9)90-86(60(6)7)85(59(4)5)89-82-56-80(87(75)91(89)92(88)90)95(76-48-21-13-16-32-61(76)8)71-44-28-40-67(52-71)93(65-36-17-14-18-37-65)69-42-30-46-73(54-69)97(82)78-50-26-23-34-63(78)10/h14-20,22-47,49-60H,12-13H2,1-11H3. The monoisotopic (exact) mass is 1270 g/mol. The van der Waals surface area contributed by atoms with E-state index in [1.807, 2.05) is 0 Å². The molecule has 6 heteroatoms. The summed E-state index contributed by atoms with van der Waals surface area (Å²) in [5.74, 6) is 7.71. The molecular weight excluding hydrogens is 1190 g/mol. The average Bonchev–Trinajstić information content (AvgIpc) is 0.679. The first-order valence-corrected chi connectivity index (χ1v) is 35.0. The van der Waals surface area contributed by atoms with Gasteiger partial charge in [0.2, 0.25) is 0 Å². The average molecular weight is 1270 g/mol. The van der Waals surface area contributed by atoms with Crippen LogP contribution in [-0.2, 0) is 6.42 Å². The van der Waals surface area contributed by atoms with Crippen LogP contribution in [-0.4, -0.2) is 0 Å². The number of hydrogen-bond donors (Lipinski definition) is 0. The highest BCUT2D eigenvalue weighted by Crippen LogP contribution is 2.62. The molecule has 16 rings (SSSR count). The van der Waals surface area contributed by atoms with Crippen molar-refractivity contribution in [2.75, 3.05) is 29.4 Å². The Morgan fingerprint density at radius 2 is 0.622 bits per heavy atom. The molecule has 6 nitrogen and oxygen atoms in total. The summed E-state index contributed by atoms with van der Waals surface area (Å²) in [6.07, 6.45) is 5.92. The van der Waals surface area contributed by atoms with E-state index in [0.717, 1.165) is 114 Å². The van der Waals surface area contributed by atoms with Gasteiger partial charge in [-0.3, -0.25) is 0 Å². The molecule has 2 heterocycles. The SMILES string of the molecule is CCc1c(C(C)C)c2c3cc(c4c(C(C)C)c(C(C)C)c5c6cc(c1c5c24)N(C1=C(C)C=CCC#C1)c1cccc(c1)N(c1ccccc1)c1cccc(c1)N6c1ccccc1C)N(c1ccccc1C)c1cccc(c1)N(c1ccccc1)c1cccc(c1)N3c1ccccc1C. The summed E-state index contributed by atoms with van der Waals surface area (Å²) >= 11 is 0. The lowest BCUT2D eigenvalue weighted by Gasteiger charge is -2.40. The minimum absolute atomic E-state index is 0.0466. The number of allylic oxidation sites excluding steroid dienone is 4. The van der Waals surface area contributed by atoms with E-state index in [9.17, 15) is 0 Å². The number of para-hydroxylation sites is 5. The van der Waals surface area contributed by atoms with Crippen molar-refractivity contribution in [3.63, 3.8) is 0 Å². The summed E-state index contributed by atoms with van der Waals surface area (Å²) in [5.41, 5.74) is 29.4. The molecule has 480 valence electrons. The molecule has 0 saturated carbocycles. The fourth-order valence-electron chi connectivity index (χ4n) is 16.4. The van der Waals surface area contributed by atoms with Crippen molar-refractivity contribution >= 4 is 129 Å². The van der Waals surface area contributed by atoms with Crippen LogP contribution in [0.25, 0.3) is 32.3 Å². The van der Waals surface area contributed by atoms with Crippen LogP contribution in [0, 0.1) is 32.6 Å². The molecule has 0 N–H and O–H groups in total. The van der Waals surface area contributed by atoms with Gasteiger partial charge in [-0.15, -0.1) is 0 Å². The number of aryl methyl sites for hydroxylation is 4. The lowest BCUT2D eigenvalue weighted by atomic mass is 9.74. The Labute approximate surface area is 578 Å². The predicted molar refractivity (Wildman–Crippen MR) is 419 cm³/mol. The van der Waals surface area contributed by atoms with Crippen molar-refractivity contribution in [1.82, 2.24) is 0 Å². The summed E-state index contributed by atoms with van der Waals surface area (Å²) < 4.78 is 0. The van der Waals surface area contributed by atoms with E-state index in [1.54, 1.807) is 0 Å². The van der Waals surface area contributed by atoms with Gasteiger partial charge in [0.15, 0.2) is 0 Å². The maximum atomic E-state index is 3.89. The predicted octanol–water partition coefficient (Wildman–Crippen LogP) is 26.8. The second-order valence-corrected chi connectivity index (χ2v) is 27.7. The molecule has 0 fully saturated rings. The van der Waals surface area contributed by atoms with Crippen LogP contribution in [0.4, 0.5) is 96.7 Å². The smallest absolute Gasteiger partial charge is 0.0999 e. The molecule has 13 aromatic carbocycles. The zero-order valence-electron chi connectivity index (χ0n) is 58.1. The zero-order chi connectivity index (χ0) is 67.2. The number of nitrogens with zero attached hydrogens (tertiary/aromatic N) is 6. The minimum atomic E-state index is 0.0466. The lowest BCUT2D eigenvalue weighted by molar-refractivity contribution is 0.805. The van der Waals surface area contributed by atoms with Gasteiger partial charge in [-0.25, -0.2) is 0 Å². The van der Waals surface area contributed by atoms with Gasteiger partial charge in [0, 0.05) is 113 Å². The van der Waals surface area contributed by atoms with Crippen LogP contribution in [0.5, 0.6) is 0 Å². The molecule has 0 saturated heterocycles. The third-order valence-corrected chi connectivity index (χ3v) is 20.5. The molecule has 13 aromatic rings. The summed E-state index contributed by atoms with van der Waals surface area (Å²) in [5, 5.41) is 7.56. The van der Waals surface area contributed by atoms with Crippen molar-refractivity contribution < 1.29 is 0 Å². The van der Waals surface area contributed by atoms with E-state index in [-0.39, 0.29) is 17.8 Å². The Balaban J connectivity index is 1.22. The van der Waals surface area contributed by atoms with E-state index in [0.29, 0.717) is 6.42 Å². The quantitative estimate of drug-likeness (QED) is 0.0997. The highest BCUT2D eigenvalue weighted by molar-refractivity contribution is 6.36. The fraction of sp³-hybridized carbons (Fsp3) is 0.174. The van der Waals surface area contributed by atoms with Gasteiger partial charge in [-0.2, -0.15) is 0 Å². The van der Waals surface area contributed by atoms with Crippen LogP contribution in [0.15, 0.2) is 266 Å². The van der Waals surface area contributed by atoms with Crippen LogP contribution in [0.2, 0.25) is 0 Å². The van der Waals surface area contributed by atoms with Crippen molar-refractivity contribution in [1.29, 1.82) is 0 Å². The van der Waals surface area contributed by atoms with E-state index in [2.05, 4.69) is 372 Å². The summed E-state index contributed by atoms with van der Waals surface area (Å²) in [4.78, 5) is 15.3. The number of fused-ring (bicyclic) bond motifs is 16. The largest absolute Gasteiger partial charge is 0.310 e. The van der Waals surface area contributed by atoms with Gasteiger partial charge >= 0.3 is 0 Å². The molecule has 0 spiro atoms. The molecule has 0 radical (unpaired) electrons. The molecule has 0 aromatic heterocycles. The van der Waals surface area contributed by atoms with E-state index < -0.39 is 0 Å². The first kappa shape index (κ1) is 61.6. The maximum Gasteiger partial charge on any atom is 0.0999 e. The number of rotatable bonds is 10. The van der Waals surface area contributed by atoms with Gasteiger partial charge in [-0.05, 0) is 230 Å². The van der Waals surface area contributed by atoms with E-state index >= 15 is 0 Å². The summed E-state index contributed by atoms with van der Waals surface area (Å²) in [7, 11) is 0. The zero-order valence-corrected chi connectivity index (χ0v) is 58.1. The molecule has 1 aliphatic carbocycles. The summed E-state index contributed by atoms with van der Waals surface area (Å²) in [6, 6.07) is 91.2. The number of benzene rings is 13. The van der Waals surface area contributed by atoms with Gasteiger partial charge in [-0.1, -0.05) is 182 Å². The van der Waals surface area contributed by atoms with Crippen molar-refractivity contribution in [3.05, 3.63) is 305 Å². The Hall–Kier alpha value is -11.3. The maximum absolute atomic E-state index is 3.89. The first-order valence-electron chi connectivity index (χ1n) is 35.0. The second kappa shape index (κ2) is 24.7. The van der Waals surface area contributed by atoms with Gasteiger partial charge in [0.1, 0.15) is 0 Å². The Bertz CT molecular complexity index is 5430. The molecule has 12 bridgehead atoms. The van der Waals surface area contributed by atoms with E-state index in [1.165, 1.54) is 71.3 Å². The lowest BCUT2D eigenvalue weighted by Crippen LogP contribution is -2.22. The molecular formula is C92H82N6. The Morgan fingerprint density at radius 1 is 0.306 bits per heavy atom. The van der Waals surface area contributed by atoms with Crippen molar-refractivity contribution in [2.24, 2.45) is 0 Å². The number of anilines is 17. The Kier molecular flexibility index (Phi) is 15.6. The molecule has 98 heavy (non-hydrogen) atoms. The normalized spacial score (nSPS) is 13.7. The van der Waals surface area contributed by atoms with Crippen LogP contribution in [0.3, 0.4) is 0 Å². The first-order chi connectivity index (χ1) is 47.8. The number of hydrogen-bond acceptors (Lipinski definition) is 6. The molecule has 0 amide bonds. The molecule has 0 unspecified atom stereocenters. The van der Waals surface area contributed by atoms with Crippen LogP contribution in [0.1, 0.15) is 119 Å². The van der Waals surface area contributed by atoms with E-state index in [4.69, 9.17) is 0 Å². The molecule has 0 atom stereocenters. The van der Waals surface area contributed by atoms with Crippen molar-refractivity contribution in [2.45, 2.75) is 107 Å².